The third-order valence-electron chi connectivity index (χ3n) is 5.38. The molecule has 3 N–H and O–H groups in total. The van der Waals surface area contributed by atoms with E-state index in [4.69, 9.17) is 0 Å². The molecule has 0 amide bonds. The molecule has 1 aliphatic rings. The number of aliphatic hydroxyl groups is 1. The maximum Gasteiger partial charge on any atom is 0.416 e. The van der Waals surface area contributed by atoms with Crippen LogP contribution in [0, 0.1) is 11.6 Å². The number of hydrogen-bond acceptors (Lipinski definition) is 6. The van der Waals surface area contributed by atoms with E-state index < -0.39 is 52.7 Å². The predicted octanol–water partition coefficient (Wildman–Crippen LogP) is 4.29. The molecule has 0 aliphatic carbocycles. The second-order valence-electron chi connectivity index (χ2n) is 7.66. The highest BCUT2D eigenvalue weighted by Crippen LogP contribution is 2.46. The minimum Gasteiger partial charge on any atom is -0.377 e. The van der Waals surface area contributed by atoms with Gasteiger partial charge in [0.05, 0.1) is 12.1 Å². The Morgan fingerprint density at radius 2 is 1.57 bits per heavy atom. The lowest BCUT2D eigenvalue weighted by Gasteiger charge is -2.38. The first-order valence-electron chi connectivity index (χ1n) is 9.92. The lowest BCUT2D eigenvalue weighted by molar-refractivity contribution is -0.206. The SMILES string of the molecule is OC(CN1C=NNN1)(c1ccc(F)cc1F)C(F)(F)c1ccc(-c2ccc(C(F)(F)F)cc2)cn1. The number of pyridine rings is 1. The van der Waals surface area contributed by atoms with Crippen molar-refractivity contribution in [2.24, 2.45) is 5.10 Å². The minimum absolute atomic E-state index is 0.229. The van der Waals surface area contributed by atoms with Gasteiger partial charge in [-0.3, -0.25) is 9.99 Å². The van der Waals surface area contributed by atoms with Gasteiger partial charge in [-0.15, -0.1) is 5.53 Å². The van der Waals surface area contributed by atoms with Crippen LogP contribution in [0.25, 0.3) is 11.1 Å². The average Bonchev–Trinajstić information content (AvgIpc) is 3.31. The van der Waals surface area contributed by atoms with Gasteiger partial charge in [0.15, 0.2) is 5.60 Å². The largest absolute Gasteiger partial charge is 0.416 e. The first-order valence-corrected chi connectivity index (χ1v) is 9.92. The molecule has 184 valence electrons. The molecule has 0 bridgehead atoms. The fourth-order valence-electron chi connectivity index (χ4n) is 3.54. The van der Waals surface area contributed by atoms with E-state index in [9.17, 15) is 27.1 Å². The molecule has 13 heteroatoms. The van der Waals surface area contributed by atoms with Crippen molar-refractivity contribution in [2.45, 2.75) is 17.7 Å². The van der Waals surface area contributed by atoms with Crippen molar-refractivity contribution < 1.29 is 35.8 Å². The highest BCUT2D eigenvalue weighted by molar-refractivity contribution is 5.63. The van der Waals surface area contributed by atoms with Crippen LogP contribution in [0.2, 0.25) is 0 Å². The summed E-state index contributed by atoms with van der Waals surface area (Å²) < 4.78 is 97.7. The highest BCUT2D eigenvalue weighted by atomic mass is 19.4. The lowest BCUT2D eigenvalue weighted by atomic mass is 9.84. The summed E-state index contributed by atoms with van der Waals surface area (Å²) in [5, 5.41) is 15.6. The topological polar surface area (TPSA) is 72.8 Å². The van der Waals surface area contributed by atoms with E-state index in [-0.39, 0.29) is 11.1 Å². The quantitative estimate of drug-likeness (QED) is 0.442. The van der Waals surface area contributed by atoms with Gasteiger partial charge in [0.1, 0.15) is 23.7 Å². The van der Waals surface area contributed by atoms with Gasteiger partial charge in [-0.25, -0.2) is 14.3 Å². The molecule has 0 saturated carbocycles. The number of hydrazine groups is 2. The third kappa shape index (κ3) is 4.64. The van der Waals surface area contributed by atoms with Gasteiger partial charge in [-0.05, 0) is 35.9 Å². The Labute approximate surface area is 193 Å². The van der Waals surface area contributed by atoms with Crippen molar-refractivity contribution >= 4 is 6.34 Å². The van der Waals surface area contributed by atoms with E-state index in [1.165, 1.54) is 6.07 Å². The highest BCUT2D eigenvalue weighted by Gasteiger charge is 2.58. The van der Waals surface area contributed by atoms with Gasteiger partial charge in [-0.2, -0.15) is 27.1 Å². The standard InChI is InChI=1S/C22H16F7N5O/c23-16-6-7-17(18(24)9-16)20(35,11-34-12-31-32-33-34)21(25,26)19-8-3-14(10-30-19)13-1-4-15(5-2-13)22(27,28)29/h1-10,12,32-33,35H,11H2. The zero-order valence-corrected chi connectivity index (χ0v) is 17.5. The number of halogens is 7. The smallest absolute Gasteiger partial charge is 0.377 e. The second-order valence-corrected chi connectivity index (χ2v) is 7.66. The Kier molecular flexibility index (Phi) is 6.15. The van der Waals surface area contributed by atoms with E-state index in [0.29, 0.717) is 12.1 Å². The van der Waals surface area contributed by atoms with Crippen LogP contribution in [0.15, 0.2) is 65.9 Å². The molecule has 0 saturated heterocycles. The second kappa shape index (κ2) is 8.82. The van der Waals surface area contributed by atoms with Crippen LogP contribution in [0.3, 0.4) is 0 Å². The number of hydrazone groups is 1. The van der Waals surface area contributed by atoms with E-state index in [0.717, 1.165) is 53.9 Å². The van der Waals surface area contributed by atoms with Gasteiger partial charge in [0.25, 0.3) is 0 Å². The Hall–Kier alpha value is -3.71. The number of nitrogens with zero attached hydrogens (tertiary/aromatic N) is 3. The van der Waals surface area contributed by atoms with Gasteiger partial charge in [-0.1, -0.05) is 18.2 Å². The van der Waals surface area contributed by atoms with Crippen LogP contribution < -0.4 is 11.1 Å². The molecule has 6 nitrogen and oxygen atoms in total. The zero-order valence-electron chi connectivity index (χ0n) is 17.5. The molecule has 0 radical (unpaired) electrons. The summed E-state index contributed by atoms with van der Waals surface area (Å²) in [6.07, 6.45) is -2.51. The molecule has 1 atom stereocenters. The van der Waals surface area contributed by atoms with Crippen molar-refractivity contribution in [1.29, 1.82) is 0 Å². The molecular formula is C22H16F7N5O. The summed E-state index contributed by atoms with van der Waals surface area (Å²) in [4.78, 5) is 3.69. The number of benzene rings is 2. The summed E-state index contributed by atoms with van der Waals surface area (Å²) in [6, 6.07) is 7.83. The van der Waals surface area contributed by atoms with Crippen molar-refractivity contribution in [3.05, 3.63) is 89.2 Å². The molecule has 2 heterocycles. The first kappa shape index (κ1) is 24.4. The summed E-state index contributed by atoms with van der Waals surface area (Å²) >= 11 is 0. The molecular weight excluding hydrogens is 483 g/mol. The van der Waals surface area contributed by atoms with Gasteiger partial charge in [0, 0.05) is 23.4 Å². The maximum absolute atomic E-state index is 15.7. The summed E-state index contributed by atoms with van der Waals surface area (Å²) in [5.41, 5.74) is -0.860. The molecule has 0 spiro atoms. The van der Waals surface area contributed by atoms with Crippen LogP contribution in [-0.4, -0.2) is 28.0 Å². The molecule has 3 aromatic rings. The minimum atomic E-state index is -4.53. The summed E-state index contributed by atoms with van der Waals surface area (Å²) in [6.45, 7) is -0.929. The Morgan fingerprint density at radius 3 is 2.11 bits per heavy atom. The summed E-state index contributed by atoms with van der Waals surface area (Å²) in [5.74, 6) is -6.65. The third-order valence-corrected chi connectivity index (χ3v) is 5.38. The van der Waals surface area contributed by atoms with Crippen molar-refractivity contribution in [1.82, 2.24) is 21.1 Å². The van der Waals surface area contributed by atoms with Crippen LogP contribution in [0.4, 0.5) is 30.7 Å². The van der Waals surface area contributed by atoms with E-state index >= 15 is 8.78 Å². The first-order chi connectivity index (χ1) is 16.4. The van der Waals surface area contributed by atoms with Crippen molar-refractivity contribution in [3.63, 3.8) is 0 Å². The number of hydrogen-bond donors (Lipinski definition) is 3. The zero-order chi connectivity index (χ0) is 25.4. The fraction of sp³-hybridized carbons (Fsp3) is 0.182. The predicted molar refractivity (Wildman–Crippen MR) is 110 cm³/mol. The van der Waals surface area contributed by atoms with Gasteiger partial charge in [0.2, 0.25) is 0 Å². The monoisotopic (exact) mass is 499 g/mol. The van der Waals surface area contributed by atoms with Crippen LogP contribution in [0.5, 0.6) is 0 Å². The number of alkyl halides is 5. The number of nitrogens with one attached hydrogen (secondary N) is 2. The Morgan fingerprint density at radius 1 is 0.886 bits per heavy atom. The fourth-order valence-corrected chi connectivity index (χ4v) is 3.54. The maximum atomic E-state index is 15.7. The van der Waals surface area contributed by atoms with Crippen molar-refractivity contribution in [3.8, 4) is 11.1 Å². The van der Waals surface area contributed by atoms with E-state index in [1.807, 2.05) is 0 Å². The average molecular weight is 499 g/mol. The normalized spacial score (nSPS) is 15.7. The number of rotatable bonds is 6. The lowest BCUT2D eigenvalue weighted by Crippen LogP contribution is -2.54. The van der Waals surface area contributed by atoms with Crippen LogP contribution in [0.1, 0.15) is 16.8 Å². The molecule has 1 aromatic heterocycles. The Bertz CT molecular complexity index is 1230. The van der Waals surface area contributed by atoms with Crippen LogP contribution >= 0.6 is 0 Å². The molecule has 2 aromatic carbocycles. The molecule has 0 fully saturated rings. The number of aromatic nitrogens is 1. The van der Waals surface area contributed by atoms with Gasteiger partial charge >= 0.3 is 12.1 Å². The molecule has 1 aliphatic heterocycles. The molecule has 35 heavy (non-hydrogen) atoms. The van der Waals surface area contributed by atoms with E-state index in [2.05, 4.69) is 21.2 Å². The molecule has 4 rings (SSSR count). The Balaban J connectivity index is 1.70. The summed E-state index contributed by atoms with van der Waals surface area (Å²) in [7, 11) is 0. The molecule has 1 unspecified atom stereocenters. The van der Waals surface area contributed by atoms with Crippen molar-refractivity contribution in [2.75, 3.05) is 6.54 Å². The number of β-amino-alcohol motifs (C(OH)–C–C–N with tert-alkyl or cyclic N) is 1. The van der Waals surface area contributed by atoms with Crippen LogP contribution in [-0.2, 0) is 17.7 Å². The van der Waals surface area contributed by atoms with E-state index in [1.54, 1.807) is 0 Å². The van der Waals surface area contributed by atoms with Gasteiger partial charge < -0.3 is 5.11 Å².